The highest BCUT2D eigenvalue weighted by Gasteiger charge is 2.23. The minimum atomic E-state index is -4.94. The fraction of sp³-hybridized carbons (Fsp3) is 0.280. The molecule has 30 heavy (non-hydrogen) atoms. The summed E-state index contributed by atoms with van der Waals surface area (Å²) in [4.78, 5) is 0. The number of allylic oxidation sites excluding steroid dienone is 11. The van der Waals surface area contributed by atoms with Gasteiger partial charge in [-0.15, -0.1) is 10.2 Å². The molecular formula is C25H28ClO4-. The van der Waals surface area contributed by atoms with E-state index < -0.39 is 10.2 Å². The lowest BCUT2D eigenvalue weighted by atomic mass is 9.92. The highest BCUT2D eigenvalue weighted by molar-refractivity contribution is 5.68. The third-order valence-corrected chi connectivity index (χ3v) is 5.14. The van der Waals surface area contributed by atoms with Crippen LogP contribution in [0, 0.1) is 23.1 Å². The minimum absolute atomic E-state index is 0.596. The molecule has 1 aromatic carbocycles. The Hall–Kier alpha value is -2.21. The molecule has 2 aliphatic carbocycles. The van der Waals surface area contributed by atoms with Gasteiger partial charge in [0.2, 0.25) is 0 Å². The number of benzene rings is 1. The Labute approximate surface area is 181 Å². The lowest BCUT2D eigenvalue weighted by molar-refractivity contribution is -2.00. The first-order valence-electron chi connectivity index (χ1n) is 9.82. The standard InChI is InChI=1S/C25H28.ClHO4/c1-17(2)22-14-11-19(4)25-23(15-20(5)24(25)16-22)8-6-7-21-12-9-18(3)10-13-21;2-1(3,4)5/h6-15,17H,16H2,1-5H3;(H,2,3,4,5)/p-1. The number of aryl methyl sites for hydroxylation is 1. The summed E-state index contributed by atoms with van der Waals surface area (Å²) in [6, 6.07) is 8.65. The maximum Gasteiger partial charge on any atom is -0.00525 e. The summed E-state index contributed by atoms with van der Waals surface area (Å²) in [6.45, 7) is 11.2. The maximum atomic E-state index is 8.49. The normalized spacial score (nSPS) is 18.1. The molecule has 0 aliphatic heterocycles. The summed E-state index contributed by atoms with van der Waals surface area (Å²) in [6.07, 6.45) is 14.6. The van der Waals surface area contributed by atoms with E-state index in [4.69, 9.17) is 18.6 Å². The fourth-order valence-electron chi connectivity index (χ4n) is 3.50. The minimum Gasteiger partial charge on any atom is -0.222 e. The van der Waals surface area contributed by atoms with E-state index in [1.807, 2.05) is 0 Å². The van der Waals surface area contributed by atoms with Gasteiger partial charge in [0.05, 0.1) is 0 Å². The molecule has 0 atom stereocenters. The third kappa shape index (κ3) is 7.24. The van der Waals surface area contributed by atoms with Crippen LogP contribution in [0.2, 0.25) is 0 Å². The van der Waals surface area contributed by atoms with Gasteiger partial charge < -0.3 is 0 Å². The van der Waals surface area contributed by atoms with Crippen LogP contribution in [0.3, 0.4) is 0 Å². The second kappa shape index (κ2) is 10.2. The van der Waals surface area contributed by atoms with Crippen molar-refractivity contribution in [1.29, 1.82) is 0 Å². The zero-order chi connectivity index (χ0) is 22.5. The van der Waals surface area contributed by atoms with Crippen molar-refractivity contribution in [1.82, 2.24) is 0 Å². The molecule has 1 aromatic rings. The van der Waals surface area contributed by atoms with Gasteiger partial charge in [0.25, 0.3) is 0 Å². The largest absolute Gasteiger partial charge is 0.222 e. The zero-order valence-electron chi connectivity index (χ0n) is 18.1. The Morgan fingerprint density at radius 2 is 1.50 bits per heavy atom. The molecule has 2 aliphatic rings. The number of halogens is 1. The molecule has 0 amide bonds. The first-order chi connectivity index (χ1) is 14.0. The van der Waals surface area contributed by atoms with Crippen molar-refractivity contribution in [3.05, 3.63) is 99.2 Å². The predicted molar refractivity (Wildman–Crippen MR) is 110 cm³/mol. The lowest BCUT2D eigenvalue weighted by Gasteiger charge is -2.17. The summed E-state index contributed by atoms with van der Waals surface area (Å²) in [5.41, 5.74) is 11.1. The topological polar surface area (TPSA) is 92.2 Å². The lowest BCUT2D eigenvalue weighted by Crippen LogP contribution is -2.68. The molecule has 0 aromatic heterocycles. The molecule has 0 fully saturated rings. The van der Waals surface area contributed by atoms with Crippen molar-refractivity contribution in [2.45, 2.75) is 41.0 Å². The molecule has 0 saturated carbocycles. The summed E-state index contributed by atoms with van der Waals surface area (Å²) < 4.78 is 34.0. The van der Waals surface area contributed by atoms with E-state index in [0.717, 1.165) is 6.42 Å². The average molecular weight is 428 g/mol. The van der Waals surface area contributed by atoms with Gasteiger partial charge in [-0.1, -0.05) is 85.7 Å². The van der Waals surface area contributed by atoms with E-state index in [9.17, 15) is 0 Å². The molecule has 0 saturated heterocycles. The van der Waals surface area contributed by atoms with Crippen molar-refractivity contribution >= 4 is 6.08 Å². The highest BCUT2D eigenvalue weighted by Crippen LogP contribution is 2.41. The van der Waals surface area contributed by atoms with E-state index in [2.05, 4.69) is 95.3 Å². The quantitative estimate of drug-likeness (QED) is 0.740. The number of hydrogen-bond donors (Lipinski definition) is 0. The van der Waals surface area contributed by atoms with Crippen LogP contribution >= 0.6 is 0 Å². The van der Waals surface area contributed by atoms with Crippen molar-refractivity contribution < 1.29 is 28.9 Å². The van der Waals surface area contributed by atoms with Gasteiger partial charge in [-0.3, -0.25) is 0 Å². The monoisotopic (exact) mass is 427 g/mol. The van der Waals surface area contributed by atoms with Crippen molar-refractivity contribution in [2.24, 2.45) is 5.92 Å². The van der Waals surface area contributed by atoms with Gasteiger partial charge >= 0.3 is 0 Å². The summed E-state index contributed by atoms with van der Waals surface area (Å²) in [5, 5.41) is 0. The van der Waals surface area contributed by atoms with Crippen molar-refractivity contribution in [3.63, 3.8) is 0 Å². The van der Waals surface area contributed by atoms with Crippen LogP contribution in [0.25, 0.3) is 6.08 Å². The van der Waals surface area contributed by atoms with Crippen LogP contribution in [0.4, 0.5) is 0 Å². The molecule has 4 nitrogen and oxygen atoms in total. The summed E-state index contributed by atoms with van der Waals surface area (Å²) in [7, 11) is -4.94. The van der Waals surface area contributed by atoms with Gasteiger partial charge in [-0.25, -0.2) is 18.6 Å². The highest BCUT2D eigenvalue weighted by atomic mass is 35.7. The Morgan fingerprint density at radius 3 is 2.07 bits per heavy atom. The Balaban J connectivity index is 0.000000575. The average Bonchev–Trinajstić information content (AvgIpc) is 2.81. The second-order valence-corrected chi connectivity index (χ2v) is 8.63. The third-order valence-electron chi connectivity index (χ3n) is 5.14. The maximum absolute atomic E-state index is 8.49. The molecule has 0 bridgehead atoms. The number of hydrogen-bond acceptors (Lipinski definition) is 4. The van der Waals surface area contributed by atoms with E-state index in [1.54, 1.807) is 0 Å². The van der Waals surface area contributed by atoms with Gasteiger partial charge in [-0.05, 0) is 66.5 Å². The van der Waals surface area contributed by atoms with Crippen molar-refractivity contribution in [3.8, 4) is 0 Å². The Bertz CT molecular complexity index is 944. The van der Waals surface area contributed by atoms with Crippen molar-refractivity contribution in [2.75, 3.05) is 0 Å². The van der Waals surface area contributed by atoms with Crippen LogP contribution in [0.1, 0.15) is 45.2 Å². The van der Waals surface area contributed by atoms with Gasteiger partial charge in [0.1, 0.15) is 0 Å². The molecule has 5 heteroatoms. The molecule has 0 unspecified atom stereocenters. The smallest absolute Gasteiger partial charge is 0.00525 e. The Morgan fingerprint density at radius 1 is 0.900 bits per heavy atom. The summed E-state index contributed by atoms with van der Waals surface area (Å²) in [5.74, 6) is 0.596. The van der Waals surface area contributed by atoms with Crippen LogP contribution < -0.4 is 18.6 Å². The van der Waals surface area contributed by atoms with Gasteiger partial charge in [0, 0.05) is 0 Å². The molecule has 0 radical (unpaired) electrons. The molecule has 0 heterocycles. The molecule has 0 N–H and O–H groups in total. The second-order valence-electron chi connectivity index (χ2n) is 7.87. The van der Waals surface area contributed by atoms with Gasteiger partial charge in [0.15, 0.2) is 0 Å². The van der Waals surface area contributed by atoms with E-state index in [0.29, 0.717) is 5.92 Å². The first kappa shape index (κ1) is 24.1. The van der Waals surface area contributed by atoms with E-state index in [-0.39, 0.29) is 0 Å². The molecule has 3 rings (SSSR count). The molecular weight excluding hydrogens is 400 g/mol. The van der Waals surface area contributed by atoms with Crippen LogP contribution in [0.5, 0.6) is 0 Å². The van der Waals surface area contributed by atoms with E-state index in [1.165, 1.54) is 44.6 Å². The van der Waals surface area contributed by atoms with E-state index >= 15 is 0 Å². The van der Waals surface area contributed by atoms with Crippen LogP contribution in [0.15, 0.2) is 88.1 Å². The number of rotatable bonds is 3. The van der Waals surface area contributed by atoms with Crippen LogP contribution in [-0.4, -0.2) is 0 Å². The first-order valence-corrected chi connectivity index (χ1v) is 11.1. The Kier molecular flexibility index (Phi) is 8.18. The summed E-state index contributed by atoms with van der Waals surface area (Å²) >= 11 is 0. The molecule has 160 valence electrons. The zero-order valence-corrected chi connectivity index (χ0v) is 18.8. The van der Waals surface area contributed by atoms with Gasteiger partial charge in [-0.2, -0.15) is 0 Å². The molecule has 0 spiro atoms. The fourth-order valence-corrected chi connectivity index (χ4v) is 3.50. The SMILES string of the molecule is CC1=CC(=CC=Cc2ccc(C)cc2)C2=C1CC(C(C)C)=CC=C2C.[O-][Cl+3]([O-])([O-])[O-]. The van der Waals surface area contributed by atoms with Crippen LogP contribution in [-0.2, 0) is 0 Å². The predicted octanol–water partition coefficient (Wildman–Crippen LogP) is 2.37.